The van der Waals surface area contributed by atoms with Gasteiger partial charge in [-0.3, -0.25) is 0 Å². The Morgan fingerprint density at radius 2 is 1.93 bits per heavy atom. The first-order chi connectivity index (χ1) is 7.09. The second-order valence-corrected chi connectivity index (χ2v) is 3.29. The molecule has 4 nitrogen and oxygen atoms in total. The fourth-order valence-corrected chi connectivity index (χ4v) is 0.857. The van der Waals surface area contributed by atoms with E-state index in [1.807, 2.05) is 6.07 Å². The van der Waals surface area contributed by atoms with Crippen molar-refractivity contribution in [3.05, 3.63) is 30.3 Å². The summed E-state index contributed by atoms with van der Waals surface area (Å²) in [6, 6.07) is 8.68. The van der Waals surface area contributed by atoms with Crippen LogP contribution in [-0.4, -0.2) is 30.4 Å². The molecule has 5 heteroatoms. The van der Waals surface area contributed by atoms with Gasteiger partial charge in [0.05, 0.1) is 0 Å². The number of aliphatic imine (C=N–C) groups is 1. The summed E-state index contributed by atoms with van der Waals surface area (Å²) >= 11 is 5.65. The molecular weight excluding hydrogens is 216 g/mol. The van der Waals surface area contributed by atoms with Crippen molar-refractivity contribution in [2.75, 3.05) is 14.1 Å². The minimum atomic E-state index is -0.736. The van der Waals surface area contributed by atoms with Crippen LogP contribution in [0.4, 0.5) is 4.79 Å². The second-order valence-electron chi connectivity index (χ2n) is 2.96. The molecule has 0 heterocycles. The van der Waals surface area contributed by atoms with E-state index in [4.69, 9.17) is 16.3 Å². The van der Waals surface area contributed by atoms with Gasteiger partial charge in [-0.05, 0) is 23.7 Å². The Morgan fingerprint density at radius 3 is 2.47 bits per heavy atom. The van der Waals surface area contributed by atoms with Gasteiger partial charge in [0.15, 0.2) is 0 Å². The molecule has 0 saturated heterocycles. The van der Waals surface area contributed by atoms with Crippen LogP contribution in [0, 0.1) is 0 Å². The maximum atomic E-state index is 11.2. The van der Waals surface area contributed by atoms with E-state index in [9.17, 15) is 4.79 Å². The smallest absolute Gasteiger partial charge is 0.409 e. The summed E-state index contributed by atoms with van der Waals surface area (Å²) in [4.78, 5) is 16.2. The number of rotatable bonds is 1. The van der Waals surface area contributed by atoms with Crippen molar-refractivity contribution in [2.45, 2.75) is 0 Å². The van der Waals surface area contributed by atoms with Crippen molar-refractivity contribution >= 4 is 23.0 Å². The Bertz CT molecular complexity index is 363. The Hall–Kier alpha value is -1.55. The monoisotopic (exact) mass is 226 g/mol. The fourth-order valence-electron chi connectivity index (χ4n) is 0.788. The lowest BCUT2D eigenvalue weighted by atomic mass is 10.3. The number of para-hydroxylation sites is 1. The molecule has 15 heavy (non-hydrogen) atoms. The minimum absolute atomic E-state index is 0.0796. The van der Waals surface area contributed by atoms with Crippen LogP contribution in [0.1, 0.15) is 0 Å². The van der Waals surface area contributed by atoms with Crippen molar-refractivity contribution < 1.29 is 9.53 Å². The molecule has 0 fully saturated rings. The number of amides is 1. The van der Waals surface area contributed by atoms with E-state index in [1.54, 1.807) is 38.4 Å². The number of benzene rings is 1. The van der Waals surface area contributed by atoms with Crippen LogP contribution >= 0.6 is 11.6 Å². The summed E-state index contributed by atoms with van der Waals surface area (Å²) in [6.45, 7) is 0. The van der Waals surface area contributed by atoms with Gasteiger partial charge in [0.1, 0.15) is 5.75 Å². The lowest BCUT2D eigenvalue weighted by Crippen LogP contribution is -2.18. The number of hydrogen-bond acceptors (Lipinski definition) is 2. The third kappa shape index (κ3) is 3.99. The van der Waals surface area contributed by atoms with Crippen LogP contribution in [0.3, 0.4) is 0 Å². The Morgan fingerprint density at radius 1 is 1.33 bits per heavy atom. The Balaban J connectivity index is 2.61. The second kappa shape index (κ2) is 5.36. The van der Waals surface area contributed by atoms with Gasteiger partial charge in [-0.2, -0.15) is 0 Å². The van der Waals surface area contributed by atoms with Gasteiger partial charge < -0.3 is 9.64 Å². The quantitative estimate of drug-likeness (QED) is 0.419. The van der Waals surface area contributed by atoms with E-state index in [-0.39, 0.29) is 5.29 Å². The topological polar surface area (TPSA) is 41.9 Å². The molecule has 0 saturated carbocycles. The summed E-state index contributed by atoms with van der Waals surface area (Å²) in [5, 5.41) is 0.0796. The van der Waals surface area contributed by atoms with Crippen LogP contribution in [0.5, 0.6) is 5.75 Å². The molecule has 0 aromatic heterocycles. The summed E-state index contributed by atoms with van der Waals surface area (Å²) in [6.07, 6.45) is -0.736. The molecule has 0 aliphatic heterocycles. The maximum absolute atomic E-state index is 11.2. The number of nitrogens with zero attached hydrogens (tertiary/aromatic N) is 2. The highest BCUT2D eigenvalue weighted by molar-refractivity contribution is 6.65. The molecule has 80 valence electrons. The molecule has 0 aliphatic rings. The molecule has 0 N–H and O–H groups in total. The third-order valence-corrected chi connectivity index (χ3v) is 1.92. The van der Waals surface area contributed by atoms with E-state index < -0.39 is 6.09 Å². The third-order valence-electron chi connectivity index (χ3n) is 1.50. The number of ether oxygens (including phenoxy) is 1. The lowest BCUT2D eigenvalue weighted by molar-refractivity contribution is 0.211. The SMILES string of the molecule is CN(C)/C(Cl)=N/C(=O)Oc1ccccc1. The van der Waals surface area contributed by atoms with Gasteiger partial charge in [-0.25, -0.2) is 4.79 Å². The standard InChI is InChI=1S/C10H11ClN2O2/c1-13(2)9(11)12-10(14)15-8-6-4-3-5-7-8/h3-7H,1-2H3/b12-9+. The molecule has 0 atom stereocenters. The Kier molecular flexibility index (Phi) is 4.12. The van der Waals surface area contributed by atoms with E-state index in [2.05, 4.69) is 4.99 Å². The molecule has 1 aromatic carbocycles. The molecular formula is C10H11ClN2O2. The van der Waals surface area contributed by atoms with Gasteiger partial charge in [-0.15, -0.1) is 4.99 Å². The maximum Gasteiger partial charge on any atom is 0.441 e. The van der Waals surface area contributed by atoms with Crippen molar-refractivity contribution in [1.82, 2.24) is 4.90 Å². The summed E-state index contributed by atoms with van der Waals surface area (Å²) in [5.41, 5.74) is 0. The van der Waals surface area contributed by atoms with Crippen LogP contribution in [0.25, 0.3) is 0 Å². The molecule has 0 radical (unpaired) electrons. The molecule has 1 aromatic rings. The minimum Gasteiger partial charge on any atom is -0.409 e. The normalized spacial score (nSPS) is 11.0. The van der Waals surface area contributed by atoms with E-state index >= 15 is 0 Å². The Labute approximate surface area is 93.1 Å². The first-order valence-corrected chi connectivity index (χ1v) is 4.66. The lowest BCUT2D eigenvalue weighted by Gasteiger charge is -2.07. The van der Waals surface area contributed by atoms with Crippen molar-refractivity contribution in [1.29, 1.82) is 0 Å². The molecule has 0 spiro atoms. The zero-order valence-electron chi connectivity index (χ0n) is 8.48. The van der Waals surface area contributed by atoms with Crippen molar-refractivity contribution in [2.24, 2.45) is 4.99 Å². The zero-order valence-corrected chi connectivity index (χ0v) is 9.23. The summed E-state index contributed by atoms with van der Waals surface area (Å²) in [7, 11) is 3.36. The largest absolute Gasteiger partial charge is 0.441 e. The van der Waals surface area contributed by atoms with Gasteiger partial charge in [-0.1, -0.05) is 18.2 Å². The van der Waals surface area contributed by atoms with Crippen LogP contribution < -0.4 is 4.74 Å². The summed E-state index contributed by atoms with van der Waals surface area (Å²) < 4.78 is 4.90. The van der Waals surface area contributed by atoms with Gasteiger partial charge in [0.25, 0.3) is 0 Å². The van der Waals surface area contributed by atoms with Gasteiger partial charge >= 0.3 is 6.09 Å². The van der Waals surface area contributed by atoms with Gasteiger partial charge in [0, 0.05) is 14.1 Å². The highest BCUT2D eigenvalue weighted by Gasteiger charge is 2.05. The predicted molar refractivity (Wildman–Crippen MR) is 59.4 cm³/mol. The number of carbonyl (C=O) groups excluding carboxylic acids is 1. The number of halogens is 1. The first-order valence-electron chi connectivity index (χ1n) is 4.28. The van der Waals surface area contributed by atoms with Crippen LogP contribution in [0.15, 0.2) is 35.3 Å². The number of hydrogen-bond donors (Lipinski definition) is 0. The van der Waals surface area contributed by atoms with Crippen LogP contribution in [0.2, 0.25) is 0 Å². The van der Waals surface area contributed by atoms with Gasteiger partial charge in [0.2, 0.25) is 5.29 Å². The molecule has 1 amide bonds. The predicted octanol–water partition coefficient (Wildman–Crippen LogP) is 2.34. The van der Waals surface area contributed by atoms with E-state index in [1.165, 1.54) is 4.90 Å². The fraction of sp³-hybridized carbons (Fsp3) is 0.200. The highest BCUT2D eigenvalue weighted by Crippen LogP contribution is 2.09. The summed E-state index contributed by atoms with van der Waals surface area (Å²) in [5.74, 6) is 0.439. The zero-order chi connectivity index (χ0) is 11.3. The first kappa shape index (κ1) is 11.5. The highest BCUT2D eigenvalue weighted by atomic mass is 35.5. The van der Waals surface area contributed by atoms with Crippen molar-refractivity contribution in [3.63, 3.8) is 0 Å². The number of amidine groups is 1. The molecule has 0 unspecified atom stereocenters. The van der Waals surface area contributed by atoms with Crippen LogP contribution in [-0.2, 0) is 0 Å². The van der Waals surface area contributed by atoms with E-state index in [0.29, 0.717) is 5.75 Å². The van der Waals surface area contributed by atoms with E-state index in [0.717, 1.165) is 0 Å². The average molecular weight is 227 g/mol. The molecule has 0 aliphatic carbocycles. The average Bonchev–Trinajstić information content (AvgIpc) is 2.18. The number of carbonyl (C=O) groups is 1. The molecule has 0 bridgehead atoms. The van der Waals surface area contributed by atoms with Crippen molar-refractivity contribution in [3.8, 4) is 5.75 Å². The molecule has 1 rings (SSSR count).